The first kappa shape index (κ1) is 13.9. The number of rotatable bonds is 3. The number of hydrogen-bond donors (Lipinski definition) is 3. The van der Waals surface area contributed by atoms with Gasteiger partial charge in [0, 0.05) is 11.3 Å². The fourth-order valence-electron chi connectivity index (χ4n) is 2.09. The van der Waals surface area contributed by atoms with Gasteiger partial charge in [0.1, 0.15) is 11.4 Å². The van der Waals surface area contributed by atoms with Crippen molar-refractivity contribution in [1.29, 1.82) is 0 Å². The van der Waals surface area contributed by atoms with Crippen molar-refractivity contribution >= 4 is 11.6 Å². The van der Waals surface area contributed by atoms with Gasteiger partial charge in [0.15, 0.2) is 0 Å². The van der Waals surface area contributed by atoms with Crippen LogP contribution in [0.4, 0.5) is 5.69 Å². The highest BCUT2D eigenvalue weighted by atomic mass is 16.3. The molecule has 0 atom stereocenters. The van der Waals surface area contributed by atoms with Crippen molar-refractivity contribution in [3.63, 3.8) is 0 Å². The summed E-state index contributed by atoms with van der Waals surface area (Å²) < 4.78 is 0. The second-order valence-corrected chi connectivity index (χ2v) is 5.04. The summed E-state index contributed by atoms with van der Waals surface area (Å²) in [5, 5.41) is 19.1. The van der Waals surface area contributed by atoms with Crippen molar-refractivity contribution < 1.29 is 9.90 Å². The van der Waals surface area contributed by atoms with Gasteiger partial charge in [0.2, 0.25) is 0 Å². The molecule has 0 aliphatic rings. The molecule has 0 aliphatic heterocycles. The maximum absolute atomic E-state index is 12.2. The maximum atomic E-state index is 12.2. The molecule has 3 rings (SSSR count). The van der Waals surface area contributed by atoms with Crippen molar-refractivity contribution in [2.45, 2.75) is 6.92 Å². The van der Waals surface area contributed by atoms with E-state index in [1.165, 1.54) is 0 Å². The van der Waals surface area contributed by atoms with E-state index >= 15 is 0 Å². The molecule has 0 fully saturated rings. The third kappa shape index (κ3) is 2.98. The first-order valence-electron chi connectivity index (χ1n) is 6.85. The fourth-order valence-corrected chi connectivity index (χ4v) is 2.09. The Hall–Kier alpha value is -3.08. The van der Waals surface area contributed by atoms with Gasteiger partial charge in [-0.05, 0) is 37.3 Å². The van der Waals surface area contributed by atoms with E-state index in [4.69, 9.17) is 0 Å². The number of aryl methyl sites for hydroxylation is 1. The lowest BCUT2D eigenvalue weighted by molar-refractivity contribution is 0.102. The minimum absolute atomic E-state index is 0.158. The molecule has 1 heterocycles. The van der Waals surface area contributed by atoms with Gasteiger partial charge in [-0.15, -0.1) is 0 Å². The Labute approximate surface area is 127 Å². The van der Waals surface area contributed by atoms with Gasteiger partial charge in [0.05, 0.1) is 5.69 Å². The van der Waals surface area contributed by atoms with Gasteiger partial charge in [-0.25, -0.2) is 0 Å². The van der Waals surface area contributed by atoms with Crippen LogP contribution in [0.3, 0.4) is 0 Å². The summed E-state index contributed by atoms with van der Waals surface area (Å²) in [6.45, 7) is 1.99. The minimum atomic E-state index is -0.261. The van der Waals surface area contributed by atoms with Crippen molar-refractivity contribution in [3.8, 4) is 17.0 Å². The molecule has 0 radical (unpaired) electrons. The number of benzene rings is 2. The van der Waals surface area contributed by atoms with Crippen LogP contribution < -0.4 is 5.32 Å². The number of amides is 1. The summed E-state index contributed by atoms with van der Waals surface area (Å²) in [5.74, 6) is -0.103. The van der Waals surface area contributed by atoms with Crippen LogP contribution in [0.2, 0.25) is 0 Å². The second kappa shape index (κ2) is 5.73. The highest BCUT2D eigenvalue weighted by molar-refractivity contribution is 6.03. The molecule has 0 aliphatic carbocycles. The number of carbonyl (C=O) groups is 1. The van der Waals surface area contributed by atoms with Crippen LogP contribution in [0.15, 0.2) is 54.6 Å². The lowest BCUT2D eigenvalue weighted by atomic mass is 10.1. The third-order valence-electron chi connectivity index (χ3n) is 3.27. The molecule has 3 N–H and O–H groups in total. The standard InChI is InChI=1S/C17H15N3O2/c1-11-5-7-13(8-6-11)18-17(22)16-10-15(19-20-16)12-3-2-4-14(21)9-12/h2-10,21H,1H3,(H,18,22)(H,19,20). The third-order valence-corrected chi connectivity index (χ3v) is 3.27. The highest BCUT2D eigenvalue weighted by Crippen LogP contribution is 2.22. The molecule has 110 valence electrons. The number of anilines is 1. The summed E-state index contributed by atoms with van der Waals surface area (Å²) in [4.78, 5) is 12.2. The maximum Gasteiger partial charge on any atom is 0.273 e. The first-order valence-corrected chi connectivity index (χ1v) is 6.85. The molecular formula is C17H15N3O2. The Morgan fingerprint density at radius 3 is 2.64 bits per heavy atom. The van der Waals surface area contributed by atoms with Gasteiger partial charge in [0.25, 0.3) is 5.91 Å². The zero-order chi connectivity index (χ0) is 15.5. The Morgan fingerprint density at radius 2 is 1.91 bits per heavy atom. The lowest BCUT2D eigenvalue weighted by Crippen LogP contribution is -2.12. The number of aromatic nitrogens is 2. The van der Waals surface area contributed by atoms with Gasteiger partial charge < -0.3 is 10.4 Å². The van der Waals surface area contributed by atoms with E-state index < -0.39 is 0 Å². The minimum Gasteiger partial charge on any atom is -0.508 e. The number of nitrogens with zero attached hydrogens (tertiary/aromatic N) is 1. The second-order valence-electron chi connectivity index (χ2n) is 5.04. The van der Waals surface area contributed by atoms with E-state index in [0.29, 0.717) is 11.4 Å². The van der Waals surface area contributed by atoms with Crippen LogP contribution in [0, 0.1) is 6.92 Å². The number of carbonyl (C=O) groups excluding carboxylic acids is 1. The topological polar surface area (TPSA) is 78.0 Å². The van der Waals surface area contributed by atoms with Crippen molar-refractivity contribution in [3.05, 3.63) is 65.9 Å². The first-order chi connectivity index (χ1) is 10.6. The summed E-state index contributed by atoms with van der Waals surface area (Å²) in [5.41, 5.74) is 3.56. The number of hydrogen-bond acceptors (Lipinski definition) is 3. The Morgan fingerprint density at radius 1 is 1.14 bits per heavy atom. The number of H-pyrrole nitrogens is 1. The normalized spacial score (nSPS) is 10.4. The molecule has 5 nitrogen and oxygen atoms in total. The number of phenolic OH excluding ortho intramolecular Hbond substituents is 1. The van der Waals surface area contributed by atoms with Crippen LogP contribution >= 0.6 is 0 Å². The van der Waals surface area contributed by atoms with E-state index in [2.05, 4.69) is 15.5 Å². The Kier molecular flexibility index (Phi) is 3.62. The predicted molar refractivity (Wildman–Crippen MR) is 84.8 cm³/mol. The summed E-state index contributed by atoms with van der Waals surface area (Å²) in [6.07, 6.45) is 0. The molecule has 5 heteroatoms. The van der Waals surface area contributed by atoms with Gasteiger partial charge in [-0.1, -0.05) is 29.8 Å². The largest absolute Gasteiger partial charge is 0.508 e. The SMILES string of the molecule is Cc1ccc(NC(=O)c2cc(-c3cccc(O)c3)n[nH]2)cc1. The van der Waals surface area contributed by atoms with E-state index in [0.717, 1.165) is 16.8 Å². The summed E-state index contributed by atoms with van der Waals surface area (Å²) >= 11 is 0. The molecule has 22 heavy (non-hydrogen) atoms. The zero-order valence-corrected chi connectivity index (χ0v) is 12.0. The van der Waals surface area contributed by atoms with Crippen molar-refractivity contribution in [2.24, 2.45) is 0 Å². The van der Waals surface area contributed by atoms with Crippen LogP contribution in [-0.4, -0.2) is 21.2 Å². The number of phenols is 1. The van der Waals surface area contributed by atoms with Crippen molar-refractivity contribution in [2.75, 3.05) is 5.32 Å². The van der Waals surface area contributed by atoms with E-state index in [1.54, 1.807) is 24.3 Å². The van der Waals surface area contributed by atoms with E-state index in [1.807, 2.05) is 37.3 Å². The summed E-state index contributed by atoms with van der Waals surface area (Å²) in [6, 6.07) is 15.9. The Balaban J connectivity index is 1.78. The van der Waals surface area contributed by atoms with Crippen LogP contribution in [-0.2, 0) is 0 Å². The average molecular weight is 293 g/mol. The predicted octanol–water partition coefficient (Wildman–Crippen LogP) is 3.34. The molecule has 0 saturated carbocycles. The smallest absolute Gasteiger partial charge is 0.273 e. The summed E-state index contributed by atoms with van der Waals surface area (Å²) in [7, 11) is 0. The Bertz CT molecular complexity index is 807. The lowest BCUT2D eigenvalue weighted by Gasteiger charge is -2.03. The molecular weight excluding hydrogens is 278 g/mol. The fraction of sp³-hybridized carbons (Fsp3) is 0.0588. The average Bonchev–Trinajstić information content (AvgIpc) is 3.00. The van der Waals surface area contributed by atoms with E-state index in [9.17, 15) is 9.90 Å². The van der Waals surface area contributed by atoms with Crippen LogP contribution in [0.25, 0.3) is 11.3 Å². The number of aromatic hydroxyl groups is 1. The van der Waals surface area contributed by atoms with Crippen LogP contribution in [0.5, 0.6) is 5.75 Å². The molecule has 0 bridgehead atoms. The van der Waals surface area contributed by atoms with Crippen molar-refractivity contribution in [1.82, 2.24) is 10.2 Å². The van der Waals surface area contributed by atoms with Gasteiger partial charge in [-0.3, -0.25) is 9.89 Å². The molecule has 1 aromatic heterocycles. The molecule has 1 amide bonds. The number of aromatic amines is 1. The van der Waals surface area contributed by atoms with E-state index in [-0.39, 0.29) is 11.7 Å². The van der Waals surface area contributed by atoms with Gasteiger partial charge >= 0.3 is 0 Å². The molecule has 3 aromatic rings. The molecule has 0 spiro atoms. The molecule has 2 aromatic carbocycles. The van der Waals surface area contributed by atoms with Gasteiger partial charge in [-0.2, -0.15) is 5.10 Å². The quantitative estimate of drug-likeness (QED) is 0.693. The molecule has 0 saturated heterocycles. The van der Waals surface area contributed by atoms with Crippen LogP contribution in [0.1, 0.15) is 16.1 Å². The zero-order valence-electron chi connectivity index (χ0n) is 12.0. The highest BCUT2D eigenvalue weighted by Gasteiger charge is 2.11. The number of nitrogens with one attached hydrogen (secondary N) is 2. The molecule has 0 unspecified atom stereocenters. The monoisotopic (exact) mass is 293 g/mol.